The third-order valence-corrected chi connectivity index (χ3v) is 6.25. The minimum Gasteiger partial charge on any atom is -0.494 e. The van der Waals surface area contributed by atoms with Crippen LogP contribution in [0.15, 0.2) is 36.4 Å². The van der Waals surface area contributed by atoms with Gasteiger partial charge in [0, 0.05) is 29.7 Å². The van der Waals surface area contributed by atoms with E-state index < -0.39 is 6.09 Å². The van der Waals surface area contributed by atoms with Gasteiger partial charge in [-0.1, -0.05) is 0 Å². The van der Waals surface area contributed by atoms with E-state index >= 15 is 0 Å². The van der Waals surface area contributed by atoms with E-state index in [1.807, 2.05) is 24.3 Å². The quantitative estimate of drug-likeness (QED) is 0.629. The van der Waals surface area contributed by atoms with Crippen molar-refractivity contribution in [2.24, 2.45) is 0 Å². The van der Waals surface area contributed by atoms with E-state index in [1.165, 1.54) is 0 Å². The molecule has 6 rings (SSSR count). The lowest BCUT2D eigenvalue weighted by molar-refractivity contribution is 0.0991. The first-order chi connectivity index (χ1) is 15.2. The fourth-order valence-electron chi connectivity index (χ4n) is 4.73. The third kappa shape index (κ3) is 3.46. The van der Waals surface area contributed by atoms with E-state index in [0.717, 1.165) is 58.7 Å². The molecular formula is C23H24N4O4. The van der Waals surface area contributed by atoms with Gasteiger partial charge in [0.2, 0.25) is 0 Å². The van der Waals surface area contributed by atoms with Gasteiger partial charge in [-0.2, -0.15) is 5.10 Å². The van der Waals surface area contributed by atoms with Gasteiger partial charge < -0.3 is 24.4 Å². The zero-order chi connectivity index (χ0) is 20.8. The van der Waals surface area contributed by atoms with Crippen molar-refractivity contribution < 1.29 is 19.0 Å². The second-order valence-electron chi connectivity index (χ2n) is 8.37. The summed E-state index contributed by atoms with van der Waals surface area (Å²) in [5.41, 5.74) is 4.85. The zero-order valence-corrected chi connectivity index (χ0v) is 17.1. The van der Waals surface area contributed by atoms with Crippen molar-refractivity contribution in [2.45, 2.75) is 31.6 Å². The summed E-state index contributed by atoms with van der Waals surface area (Å²) in [5.74, 6) is 0.790. The molecule has 160 valence electrons. The monoisotopic (exact) mass is 420 g/mol. The molecule has 1 amide bonds. The van der Waals surface area contributed by atoms with Crippen LogP contribution in [0.4, 0.5) is 10.5 Å². The Hall–Kier alpha value is -3.26. The highest BCUT2D eigenvalue weighted by molar-refractivity contribution is 5.94. The second kappa shape index (κ2) is 7.46. The lowest BCUT2D eigenvalue weighted by atomic mass is 10.0. The van der Waals surface area contributed by atoms with E-state index in [1.54, 1.807) is 0 Å². The summed E-state index contributed by atoms with van der Waals surface area (Å²) in [6, 6.07) is 12.7. The number of hydrogen-bond acceptors (Lipinski definition) is 6. The van der Waals surface area contributed by atoms with Crippen molar-refractivity contribution in [3.05, 3.63) is 42.0 Å². The molecule has 0 saturated carbocycles. The average molecular weight is 420 g/mol. The number of nitrogens with one attached hydrogen (secondary N) is 2. The molecule has 2 atom stereocenters. The number of anilines is 1. The summed E-state index contributed by atoms with van der Waals surface area (Å²) in [6.07, 6.45) is 1.64. The van der Waals surface area contributed by atoms with Gasteiger partial charge in [-0.15, -0.1) is 0 Å². The molecule has 0 radical (unpaired) electrons. The lowest BCUT2D eigenvalue weighted by Crippen LogP contribution is -2.37. The highest BCUT2D eigenvalue weighted by atomic mass is 16.5. The molecule has 0 spiro atoms. The Bertz CT molecular complexity index is 1140. The maximum absolute atomic E-state index is 12.1. The summed E-state index contributed by atoms with van der Waals surface area (Å²) >= 11 is 0. The van der Waals surface area contributed by atoms with Crippen molar-refractivity contribution in [1.29, 1.82) is 0 Å². The number of H-pyrrole nitrogens is 1. The fraction of sp³-hybridized carbons (Fsp3) is 0.391. The number of carbonyl (C=O) groups excluding carboxylic acids is 1. The van der Waals surface area contributed by atoms with Crippen LogP contribution in [0.2, 0.25) is 0 Å². The summed E-state index contributed by atoms with van der Waals surface area (Å²) in [4.78, 5) is 14.5. The Morgan fingerprint density at radius 1 is 1.13 bits per heavy atom. The highest BCUT2D eigenvalue weighted by Gasteiger charge is 2.39. The fourth-order valence-corrected chi connectivity index (χ4v) is 4.73. The number of alkyl carbamates (subject to hydrolysis) is 1. The Morgan fingerprint density at radius 3 is 2.97 bits per heavy atom. The Balaban J connectivity index is 1.45. The maximum Gasteiger partial charge on any atom is 0.407 e. The van der Waals surface area contributed by atoms with E-state index in [0.29, 0.717) is 31.7 Å². The maximum atomic E-state index is 12.1. The number of ether oxygens (including phenoxy) is 3. The molecule has 1 aromatic heterocycles. The number of fused-ring (bicyclic) bond motifs is 6. The predicted octanol–water partition coefficient (Wildman–Crippen LogP) is 3.22. The standard InChI is InChI=1S/C23H24N4O4/c28-23-24-4-1-5-29-18-2-3-21-20(10-18)22(26-25-21)15-6-14(12-31-23)7-16(8-15)27-11-19-9-17(27)13-30-19/h2-3,6-8,10,17,19H,1,4-5,9,11-13H2,(H,24,28)(H,25,26)/t17-,19-/m0/s1. The summed E-state index contributed by atoms with van der Waals surface area (Å²) < 4.78 is 17.1. The molecule has 2 fully saturated rings. The van der Waals surface area contributed by atoms with Gasteiger partial charge in [-0.25, -0.2) is 4.79 Å². The molecule has 0 unspecified atom stereocenters. The van der Waals surface area contributed by atoms with Crippen molar-refractivity contribution in [3.63, 3.8) is 0 Å². The van der Waals surface area contributed by atoms with Crippen LogP contribution in [0.3, 0.4) is 0 Å². The summed E-state index contributed by atoms with van der Waals surface area (Å²) in [5, 5.41) is 11.5. The molecule has 3 aliphatic heterocycles. The first-order valence-electron chi connectivity index (χ1n) is 10.8. The topological polar surface area (TPSA) is 88.7 Å². The largest absolute Gasteiger partial charge is 0.494 e. The lowest BCUT2D eigenvalue weighted by Gasteiger charge is -2.29. The number of rotatable bonds is 1. The molecule has 3 aliphatic rings. The van der Waals surface area contributed by atoms with Gasteiger partial charge in [0.25, 0.3) is 0 Å². The molecule has 0 aliphatic carbocycles. The van der Waals surface area contributed by atoms with Gasteiger partial charge in [0.15, 0.2) is 0 Å². The van der Waals surface area contributed by atoms with Crippen molar-refractivity contribution >= 4 is 22.7 Å². The van der Waals surface area contributed by atoms with Crippen molar-refractivity contribution in [3.8, 4) is 17.0 Å². The first kappa shape index (κ1) is 18.5. The van der Waals surface area contributed by atoms with Crippen LogP contribution >= 0.6 is 0 Å². The molecule has 2 aromatic carbocycles. The molecule has 31 heavy (non-hydrogen) atoms. The van der Waals surface area contributed by atoms with Crippen LogP contribution in [0.5, 0.6) is 5.75 Å². The number of morpholine rings is 1. The Labute approximate surface area is 179 Å². The second-order valence-corrected chi connectivity index (χ2v) is 8.37. The number of aromatic nitrogens is 2. The van der Waals surface area contributed by atoms with Gasteiger partial charge in [0.05, 0.1) is 30.9 Å². The van der Waals surface area contributed by atoms with Crippen molar-refractivity contribution in [1.82, 2.24) is 15.5 Å². The molecule has 8 heteroatoms. The number of hydrogen-bond donors (Lipinski definition) is 2. The number of cyclic esters (lactones) is 1. The molecule has 8 nitrogen and oxygen atoms in total. The van der Waals surface area contributed by atoms with Crippen LogP contribution < -0.4 is 15.0 Å². The SMILES string of the molecule is O=C1NCCCOc2ccc3[nH]nc(c3c2)-c2cc(cc(N3C[C@@H]4C[C@H]3CO4)c2)CO1. The number of benzene rings is 2. The van der Waals surface area contributed by atoms with Gasteiger partial charge in [-0.3, -0.25) is 5.10 Å². The van der Waals surface area contributed by atoms with Gasteiger partial charge in [0.1, 0.15) is 18.1 Å². The molecule has 2 N–H and O–H groups in total. The Morgan fingerprint density at radius 2 is 2.10 bits per heavy atom. The summed E-state index contributed by atoms with van der Waals surface area (Å²) in [6.45, 7) is 2.86. The van der Waals surface area contributed by atoms with E-state index in [9.17, 15) is 4.79 Å². The van der Waals surface area contributed by atoms with Gasteiger partial charge in [-0.05, 0) is 54.8 Å². The zero-order valence-electron chi connectivity index (χ0n) is 17.1. The smallest absolute Gasteiger partial charge is 0.407 e. The number of carbonyl (C=O) groups is 1. The van der Waals surface area contributed by atoms with E-state index in [4.69, 9.17) is 14.2 Å². The number of aromatic amines is 1. The van der Waals surface area contributed by atoms with Crippen LogP contribution in [0, 0.1) is 0 Å². The van der Waals surface area contributed by atoms with Crippen LogP contribution in [-0.4, -0.2) is 54.7 Å². The van der Waals surface area contributed by atoms with E-state index in [-0.39, 0.29) is 6.61 Å². The van der Waals surface area contributed by atoms with Gasteiger partial charge >= 0.3 is 6.09 Å². The van der Waals surface area contributed by atoms with Crippen molar-refractivity contribution in [2.75, 3.05) is 31.2 Å². The average Bonchev–Trinajstić information content (AvgIpc) is 3.52. The molecule has 2 saturated heterocycles. The predicted molar refractivity (Wildman–Crippen MR) is 115 cm³/mol. The number of nitrogens with zero attached hydrogens (tertiary/aromatic N) is 2. The normalized spacial score (nSPS) is 23.2. The number of amides is 1. The van der Waals surface area contributed by atoms with E-state index in [2.05, 4.69) is 32.5 Å². The minimum atomic E-state index is -0.418. The Kier molecular flexibility index (Phi) is 4.45. The van der Waals surface area contributed by atoms with Crippen LogP contribution in [-0.2, 0) is 16.1 Å². The summed E-state index contributed by atoms with van der Waals surface area (Å²) in [7, 11) is 0. The van der Waals surface area contributed by atoms with Crippen LogP contribution in [0.1, 0.15) is 18.4 Å². The third-order valence-electron chi connectivity index (χ3n) is 6.25. The van der Waals surface area contributed by atoms with Crippen LogP contribution in [0.25, 0.3) is 22.2 Å². The minimum absolute atomic E-state index is 0.204. The highest BCUT2D eigenvalue weighted by Crippen LogP contribution is 2.37. The first-order valence-corrected chi connectivity index (χ1v) is 10.8. The molecule has 3 aromatic rings. The molecular weight excluding hydrogens is 396 g/mol. The molecule has 4 heterocycles. The molecule has 6 bridgehead atoms.